The van der Waals surface area contributed by atoms with E-state index in [1.807, 2.05) is 0 Å². The molecule has 0 saturated carbocycles. The molecule has 0 aliphatic rings. The number of halogens is 2. The summed E-state index contributed by atoms with van der Waals surface area (Å²) < 4.78 is 30.2. The van der Waals surface area contributed by atoms with E-state index in [2.05, 4.69) is 10.3 Å². The number of nitrogens with one attached hydrogen (secondary N) is 1. The van der Waals surface area contributed by atoms with E-state index in [1.54, 1.807) is 7.05 Å². The van der Waals surface area contributed by atoms with Gasteiger partial charge in [0.1, 0.15) is 12.0 Å². The Kier molecular flexibility index (Phi) is 2.98. The molecule has 74 valence electrons. The summed E-state index contributed by atoms with van der Waals surface area (Å²) in [4.78, 5) is 3.66. The normalized spacial score (nSPS) is 12.0. The van der Waals surface area contributed by atoms with Crippen molar-refractivity contribution in [2.45, 2.75) is 19.3 Å². The van der Waals surface area contributed by atoms with Crippen molar-refractivity contribution in [2.24, 2.45) is 0 Å². The molecule has 0 saturated heterocycles. The second-order valence-electron chi connectivity index (χ2n) is 2.87. The SMILES string of the molecule is CNCCc1nc(C(C)(F)F)co1. The predicted octanol–water partition coefficient (Wildman–Crippen LogP) is 1.55. The fraction of sp³-hybridized carbons (Fsp3) is 0.625. The predicted molar refractivity (Wildman–Crippen MR) is 43.7 cm³/mol. The standard InChI is InChI=1S/C8H12F2N2O/c1-8(9,10)6-5-13-7(12-6)3-4-11-2/h5,11H,3-4H2,1-2H3. The summed E-state index contributed by atoms with van der Waals surface area (Å²) in [5.41, 5.74) is -0.307. The highest BCUT2D eigenvalue weighted by molar-refractivity contribution is 5.03. The number of rotatable bonds is 4. The summed E-state index contributed by atoms with van der Waals surface area (Å²) in [6.45, 7) is 1.46. The van der Waals surface area contributed by atoms with Gasteiger partial charge in [-0.25, -0.2) is 4.98 Å². The van der Waals surface area contributed by atoms with Gasteiger partial charge in [0.05, 0.1) is 0 Å². The molecular formula is C8H12F2N2O. The molecule has 0 aliphatic carbocycles. The first-order valence-electron chi connectivity index (χ1n) is 4.01. The molecule has 1 aromatic heterocycles. The lowest BCUT2D eigenvalue weighted by Crippen LogP contribution is -2.11. The Hall–Kier alpha value is -0.970. The fourth-order valence-corrected chi connectivity index (χ4v) is 0.859. The third-order valence-corrected chi connectivity index (χ3v) is 1.59. The molecule has 1 aromatic rings. The molecule has 1 heterocycles. The average molecular weight is 190 g/mol. The van der Waals surface area contributed by atoms with Gasteiger partial charge in [-0.1, -0.05) is 0 Å². The molecule has 0 amide bonds. The van der Waals surface area contributed by atoms with Crippen molar-refractivity contribution in [3.05, 3.63) is 17.8 Å². The van der Waals surface area contributed by atoms with Gasteiger partial charge < -0.3 is 9.73 Å². The molecule has 0 unspecified atom stereocenters. The maximum Gasteiger partial charge on any atom is 0.290 e. The van der Waals surface area contributed by atoms with E-state index in [-0.39, 0.29) is 5.69 Å². The maximum atomic E-state index is 12.7. The highest BCUT2D eigenvalue weighted by Crippen LogP contribution is 2.25. The molecule has 5 heteroatoms. The first-order chi connectivity index (χ1) is 6.04. The summed E-state index contributed by atoms with van der Waals surface area (Å²) in [5.74, 6) is -2.58. The van der Waals surface area contributed by atoms with Crippen LogP contribution >= 0.6 is 0 Å². The van der Waals surface area contributed by atoms with Gasteiger partial charge >= 0.3 is 0 Å². The van der Waals surface area contributed by atoms with Crippen LogP contribution in [0.5, 0.6) is 0 Å². The number of hydrogen-bond acceptors (Lipinski definition) is 3. The first kappa shape index (κ1) is 10.1. The van der Waals surface area contributed by atoms with E-state index in [4.69, 9.17) is 4.42 Å². The molecule has 3 nitrogen and oxygen atoms in total. The number of alkyl halides is 2. The smallest absolute Gasteiger partial charge is 0.290 e. The van der Waals surface area contributed by atoms with Gasteiger partial charge in [-0.3, -0.25) is 0 Å². The van der Waals surface area contributed by atoms with Crippen molar-refractivity contribution in [2.75, 3.05) is 13.6 Å². The minimum absolute atomic E-state index is 0.307. The molecule has 13 heavy (non-hydrogen) atoms. The summed E-state index contributed by atoms with van der Waals surface area (Å²) >= 11 is 0. The van der Waals surface area contributed by atoms with Crippen LogP contribution in [-0.2, 0) is 12.3 Å². The number of oxazole rings is 1. The summed E-state index contributed by atoms with van der Waals surface area (Å²) in [5, 5.41) is 2.88. The van der Waals surface area contributed by atoms with Crippen molar-refractivity contribution >= 4 is 0 Å². The number of hydrogen-bond donors (Lipinski definition) is 1. The van der Waals surface area contributed by atoms with Gasteiger partial charge in [-0.05, 0) is 7.05 Å². The lowest BCUT2D eigenvalue weighted by molar-refractivity contribution is 0.0126. The van der Waals surface area contributed by atoms with Gasteiger partial charge in [0.2, 0.25) is 0 Å². The maximum absolute atomic E-state index is 12.7. The Labute approximate surface area is 75.2 Å². The Morgan fingerprint density at radius 2 is 2.31 bits per heavy atom. The Morgan fingerprint density at radius 3 is 2.77 bits per heavy atom. The van der Waals surface area contributed by atoms with E-state index < -0.39 is 5.92 Å². The molecule has 1 N–H and O–H groups in total. The van der Waals surface area contributed by atoms with E-state index >= 15 is 0 Å². The summed E-state index contributed by atoms with van der Waals surface area (Å²) in [6, 6.07) is 0. The zero-order chi connectivity index (χ0) is 9.90. The summed E-state index contributed by atoms with van der Waals surface area (Å²) in [6.07, 6.45) is 1.53. The van der Waals surface area contributed by atoms with Crippen LogP contribution in [0.25, 0.3) is 0 Å². The van der Waals surface area contributed by atoms with Gasteiger partial charge in [-0.15, -0.1) is 0 Å². The average Bonchev–Trinajstić information content (AvgIpc) is 2.47. The van der Waals surface area contributed by atoms with Crippen LogP contribution in [-0.4, -0.2) is 18.6 Å². The number of nitrogens with zero attached hydrogens (tertiary/aromatic N) is 1. The van der Waals surface area contributed by atoms with Gasteiger partial charge in [0.25, 0.3) is 5.92 Å². The Bertz CT molecular complexity index is 267. The Morgan fingerprint density at radius 1 is 1.62 bits per heavy atom. The quantitative estimate of drug-likeness (QED) is 0.782. The van der Waals surface area contributed by atoms with Gasteiger partial charge in [0, 0.05) is 19.9 Å². The van der Waals surface area contributed by atoms with E-state index in [0.29, 0.717) is 18.9 Å². The van der Waals surface area contributed by atoms with Gasteiger partial charge in [-0.2, -0.15) is 8.78 Å². The highest BCUT2D eigenvalue weighted by atomic mass is 19.3. The van der Waals surface area contributed by atoms with Gasteiger partial charge in [0.15, 0.2) is 5.89 Å². The van der Waals surface area contributed by atoms with E-state index in [0.717, 1.165) is 13.2 Å². The lowest BCUT2D eigenvalue weighted by atomic mass is 10.3. The second-order valence-corrected chi connectivity index (χ2v) is 2.87. The zero-order valence-electron chi connectivity index (χ0n) is 7.60. The van der Waals surface area contributed by atoms with E-state index in [9.17, 15) is 8.78 Å². The second kappa shape index (κ2) is 3.83. The molecule has 0 bridgehead atoms. The van der Waals surface area contributed by atoms with Crippen molar-refractivity contribution in [1.29, 1.82) is 0 Å². The van der Waals surface area contributed by atoms with Crippen molar-refractivity contribution in [3.8, 4) is 0 Å². The number of likely N-dealkylation sites (N-methyl/N-ethyl adjacent to an activating group) is 1. The molecule has 0 atom stereocenters. The first-order valence-corrected chi connectivity index (χ1v) is 4.01. The largest absolute Gasteiger partial charge is 0.448 e. The molecular weight excluding hydrogens is 178 g/mol. The zero-order valence-corrected chi connectivity index (χ0v) is 7.60. The summed E-state index contributed by atoms with van der Waals surface area (Å²) in [7, 11) is 1.78. The van der Waals surface area contributed by atoms with Crippen molar-refractivity contribution in [1.82, 2.24) is 10.3 Å². The van der Waals surface area contributed by atoms with Crippen molar-refractivity contribution < 1.29 is 13.2 Å². The van der Waals surface area contributed by atoms with Crippen LogP contribution in [0.4, 0.5) is 8.78 Å². The monoisotopic (exact) mass is 190 g/mol. The highest BCUT2D eigenvalue weighted by Gasteiger charge is 2.28. The van der Waals surface area contributed by atoms with Crippen LogP contribution in [0.2, 0.25) is 0 Å². The lowest BCUT2D eigenvalue weighted by Gasteiger charge is -2.03. The van der Waals surface area contributed by atoms with E-state index in [1.165, 1.54) is 0 Å². The number of aromatic nitrogens is 1. The molecule has 0 radical (unpaired) electrons. The molecule has 1 rings (SSSR count). The van der Waals surface area contributed by atoms with Crippen molar-refractivity contribution in [3.63, 3.8) is 0 Å². The topological polar surface area (TPSA) is 38.1 Å². The molecule has 0 aromatic carbocycles. The third kappa shape index (κ3) is 2.77. The minimum Gasteiger partial charge on any atom is -0.448 e. The minimum atomic E-state index is -2.92. The van der Waals surface area contributed by atoms with Crippen LogP contribution in [0, 0.1) is 0 Å². The molecule has 0 aliphatic heterocycles. The Balaban J connectivity index is 2.64. The molecule has 0 fully saturated rings. The van der Waals surface area contributed by atoms with Crippen LogP contribution < -0.4 is 5.32 Å². The van der Waals surface area contributed by atoms with Crippen LogP contribution in [0.3, 0.4) is 0 Å². The molecule has 0 spiro atoms. The van der Waals surface area contributed by atoms with Crippen LogP contribution in [0.1, 0.15) is 18.5 Å². The third-order valence-electron chi connectivity index (χ3n) is 1.59. The fourth-order valence-electron chi connectivity index (χ4n) is 0.859. The van der Waals surface area contributed by atoms with Crippen LogP contribution in [0.15, 0.2) is 10.7 Å².